The van der Waals surface area contributed by atoms with Crippen LogP contribution in [0, 0.1) is 147 Å². The molecule has 0 saturated heterocycles. The van der Waals surface area contributed by atoms with Crippen molar-refractivity contribution in [1.82, 2.24) is 0 Å². The van der Waals surface area contributed by atoms with E-state index in [0.29, 0.717) is 76.9 Å². The van der Waals surface area contributed by atoms with Gasteiger partial charge < -0.3 is 0 Å². The van der Waals surface area contributed by atoms with Crippen molar-refractivity contribution in [2.24, 2.45) is 147 Å². The molecule has 116 heavy (non-hydrogen) atoms. The second kappa shape index (κ2) is 45.0. The quantitative estimate of drug-likeness (QED) is 0.241. The highest BCUT2D eigenvalue weighted by Crippen LogP contribution is 2.62. The zero-order valence-corrected chi connectivity index (χ0v) is 80.7. The van der Waals surface area contributed by atoms with Gasteiger partial charge in [0.2, 0.25) is 0 Å². The second-order valence-corrected chi connectivity index (χ2v) is 45.3. The first-order chi connectivity index (χ1) is 49.9. The molecule has 0 spiro atoms. The molecule has 4 aliphatic carbocycles. The number of hydrogen-bond acceptors (Lipinski definition) is 0. The van der Waals surface area contributed by atoms with E-state index in [4.69, 9.17) is 0 Å². The Balaban J connectivity index is -0.000000291. The third kappa shape index (κ3) is 39.2. The van der Waals surface area contributed by atoms with Crippen LogP contribution in [0.15, 0.2) is 0 Å². The molecule has 4 aliphatic rings. The molecule has 4 saturated carbocycles. The van der Waals surface area contributed by atoms with Crippen molar-refractivity contribution in [2.45, 2.75) is 443 Å². The third-order valence-electron chi connectivity index (χ3n) is 30.6. The molecule has 708 valence electrons. The summed E-state index contributed by atoms with van der Waals surface area (Å²) >= 11 is 0. The van der Waals surface area contributed by atoms with Gasteiger partial charge in [0.05, 0.1) is 34.5 Å². The number of halogens is 24. The standard InChI is InChI=1S/C11H21F3.C11H24.C10H22.C9H12F6.C9H15F3.C9H17F3.C9H20.2C8H13F3.C8H15F3/c1-8(2,3)9(4,5)10(6,7)11(12,13)14;1-9(2,3)11(7,8)10(4,5)6;1-8(2)10(6,7)9(3,4)5;1-6-4-2-3-5-7(6,8(10,11)12)9(13,14)15;1-6-4-3-5-8(7(6)2)9(10,11)12;1-6(2)8(4,5)7(3)9(10,11)12;1-7(2)8(3)9(4,5)6;1-6-2-4-7(5-3-6)8(9,10)11;1-6-3-2-4-7(5-6)8(9,10)11;1-6(2,3)7(4,5)8(9,10)11/h1-7H3;1-8H3;8H,1-7H3;6H,2-5H2,1H3;6-8H,3-5H2,1-2H3;6-7H,1-5H3;7-8H,1-6H3;2*6-7H,2-5H2,1H3;1-5H3/t;;;6-;6?,7-,8?;;8-;;6-,7?;/m...11.1.1./s1. The second-order valence-electron chi connectivity index (χ2n) is 45.3. The lowest BCUT2D eigenvalue weighted by Crippen LogP contribution is -2.55. The Kier molecular flexibility index (Phi) is 48.5. The van der Waals surface area contributed by atoms with Gasteiger partial charge in [-0.05, 0) is 152 Å². The highest BCUT2D eigenvalue weighted by Gasteiger charge is 2.73. The summed E-state index contributed by atoms with van der Waals surface area (Å²) in [6, 6.07) is 0. The van der Waals surface area contributed by atoms with Crippen molar-refractivity contribution in [1.29, 1.82) is 0 Å². The largest absolute Gasteiger partial charge is 0.403 e. The van der Waals surface area contributed by atoms with E-state index < -0.39 is 118 Å². The van der Waals surface area contributed by atoms with Crippen molar-refractivity contribution in [2.75, 3.05) is 0 Å². The summed E-state index contributed by atoms with van der Waals surface area (Å²) in [5, 5.41) is 0. The van der Waals surface area contributed by atoms with Gasteiger partial charge in [0.25, 0.3) is 0 Å². The summed E-state index contributed by atoms with van der Waals surface area (Å²) < 4.78 is 298. The molecule has 0 amide bonds. The van der Waals surface area contributed by atoms with E-state index >= 15 is 0 Å². The summed E-state index contributed by atoms with van der Waals surface area (Å²) in [5.74, 6) is -2.51. The van der Waals surface area contributed by atoms with Crippen LogP contribution in [-0.2, 0) is 0 Å². The molecule has 0 nitrogen and oxygen atoms in total. The maximum Gasteiger partial charge on any atom is 0.403 e. The normalized spacial score (nSPS) is 23.0. The van der Waals surface area contributed by atoms with Crippen LogP contribution >= 0.6 is 0 Å². The van der Waals surface area contributed by atoms with E-state index in [-0.39, 0.29) is 41.9 Å². The van der Waals surface area contributed by atoms with Crippen LogP contribution in [0.4, 0.5) is 105 Å². The Morgan fingerprint density at radius 2 is 0.647 bits per heavy atom. The minimum Gasteiger partial charge on any atom is -0.171 e. The summed E-state index contributed by atoms with van der Waals surface area (Å²) in [5.41, 5.74) is -6.94. The van der Waals surface area contributed by atoms with E-state index in [1.807, 2.05) is 55.4 Å². The van der Waals surface area contributed by atoms with E-state index in [1.54, 1.807) is 55.4 Å². The summed E-state index contributed by atoms with van der Waals surface area (Å²) in [7, 11) is 0. The van der Waals surface area contributed by atoms with Gasteiger partial charge in [-0.15, -0.1) is 0 Å². The SMILES string of the molecule is CC(C)(C)C(C)(C)C(C)(C)C.CC(C)(C)C(C)(C)C(C)(C)C(F)(F)F.CC(C)(C)C(C)(C)C(F)(F)F.CC(C)C(C)(C)C(C)(C)C.CC(C)C(C)(C)C(C)C(F)(F)F.CC(C)[C@@H](C)C(C)(C)C.CC1CCC(C(F)(F)F)CC1.CC1CCCC(C(F)(F)F)[C@@H]1C.C[C@@H]1CCCC(C(F)(F)F)C1.C[C@@H]1CCCCC1(C(F)(F)F)C(F)(F)F. The fourth-order valence-electron chi connectivity index (χ4n) is 13.3. The molecule has 0 aromatic carbocycles. The van der Waals surface area contributed by atoms with Gasteiger partial charge in [-0.1, -0.05) is 349 Å². The van der Waals surface area contributed by atoms with Gasteiger partial charge in [0.15, 0.2) is 5.41 Å². The molecule has 0 aromatic rings. The smallest absolute Gasteiger partial charge is 0.171 e. The molecule has 24 heteroatoms. The van der Waals surface area contributed by atoms with Crippen LogP contribution in [0.5, 0.6) is 0 Å². The van der Waals surface area contributed by atoms with Gasteiger partial charge in [0, 0.05) is 0 Å². The molecular weight excluding hydrogens is 1560 g/mol. The zero-order valence-electron chi connectivity index (χ0n) is 80.7. The van der Waals surface area contributed by atoms with Crippen molar-refractivity contribution >= 4 is 0 Å². The molecule has 4 fully saturated rings. The predicted molar refractivity (Wildman–Crippen MR) is 439 cm³/mol. The van der Waals surface area contributed by atoms with Gasteiger partial charge in [-0.2, -0.15) is 105 Å². The Labute approximate surface area is 693 Å². The predicted octanol–water partition coefficient (Wildman–Crippen LogP) is 38.0. The van der Waals surface area contributed by atoms with Gasteiger partial charge in [-0.25, -0.2) is 0 Å². The topological polar surface area (TPSA) is 0 Å². The van der Waals surface area contributed by atoms with Gasteiger partial charge >= 0.3 is 49.4 Å². The lowest BCUT2D eigenvalue weighted by molar-refractivity contribution is -0.364. The molecule has 0 radical (unpaired) electrons. The van der Waals surface area contributed by atoms with Crippen LogP contribution in [0.25, 0.3) is 0 Å². The summed E-state index contributed by atoms with van der Waals surface area (Å²) in [6.45, 7) is 84.2. The lowest BCUT2D eigenvalue weighted by atomic mass is 9.55. The molecule has 0 bridgehead atoms. The third-order valence-corrected chi connectivity index (χ3v) is 30.6. The maximum atomic E-state index is 12.9. The van der Waals surface area contributed by atoms with Crippen LogP contribution < -0.4 is 0 Å². The molecule has 0 N–H and O–H groups in total. The highest BCUT2D eigenvalue weighted by molar-refractivity contribution is 5.00. The Morgan fingerprint density at radius 3 is 0.810 bits per heavy atom. The summed E-state index contributed by atoms with van der Waals surface area (Å²) in [4.78, 5) is 0. The van der Waals surface area contributed by atoms with E-state index in [2.05, 4.69) is 145 Å². The molecule has 8 atom stereocenters. The van der Waals surface area contributed by atoms with E-state index in [1.165, 1.54) is 34.6 Å². The minimum absolute atomic E-state index is 0.0106. The van der Waals surface area contributed by atoms with Gasteiger partial charge in [0.1, 0.15) is 0 Å². The molecule has 4 rings (SSSR count). The molecule has 0 aliphatic heterocycles. The molecule has 0 heterocycles. The fraction of sp³-hybridized carbons (Fsp3) is 1.00. The van der Waals surface area contributed by atoms with E-state index in [0.717, 1.165) is 63.2 Å². The number of alkyl halides is 24. The molecule has 4 unspecified atom stereocenters. The average Bonchev–Trinajstić information content (AvgIpc) is 0.742. The average molecular weight is 1730 g/mol. The number of hydrogen-bond donors (Lipinski definition) is 0. The van der Waals surface area contributed by atoms with Crippen LogP contribution in [-0.4, -0.2) is 49.4 Å². The Bertz CT molecular complexity index is 2490. The number of rotatable bonds is 5. The van der Waals surface area contributed by atoms with Crippen molar-refractivity contribution < 1.29 is 105 Å². The first-order valence-corrected chi connectivity index (χ1v) is 42.5. The molecular formula is C92H172F24. The maximum absolute atomic E-state index is 12.9. The van der Waals surface area contributed by atoms with Crippen LogP contribution in [0.1, 0.15) is 394 Å². The lowest BCUT2D eigenvalue weighted by Gasteiger charge is -2.51. The fourth-order valence-corrected chi connectivity index (χ4v) is 13.3. The van der Waals surface area contributed by atoms with Crippen molar-refractivity contribution in [3.05, 3.63) is 0 Å². The minimum atomic E-state index is -5.20. The Morgan fingerprint density at radius 1 is 0.302 bits per heavy atom. The van der Waals surface area contributed by atoms with Crippen molar-refractivity contribution in [3.63, 3.8) is 0 Å². The molecule has 0 aromatic heterocycles. The summed E-state index contributed by atoms with van der Waals surface area (Å²) in [6.07, 6.45) is -28.5. The van der Waals surface area contributed by atoms with E-state index in [9.17, 15) is 105 Å². The highest BCUT2D eigenvalue weighted by atomic mass is 19.4. The van der Waals surface area contributed by atoms with Gasteiger partial charge in [-0.3, -0.25) is 0 Å². The van der Waals surface area contributed by atoms with Crippen LogP contribution in [0.3, 0.4) is 0 Å². The van der Waals surface area contributed by atoms with Crippen LogP contribution in [0.2, 0.25) is 0 Å². The first kappa shape index (κ1) is 125. The first-order valence-electron chi connectivity index (χ1n) is 42.5. The Hall–Kier alpha value is -1.68. The monoisotopic (exact) mass is 1730 g/mol. The zero-order chi connectivity index (χ0) is 95.6. The van der Waals surface area contributed by atoms with Crippen molar-refractivity contribution in [3.8, 4) is 0 Å².